The lowest BCUT2D eigenvalue weighted by atomic mass is 9.92. The van der Waals surface area contributed by atoms with Gasteiger partial charge in [0.05, 0.1) is 28.4 Å². The first-order valence-electron chi connectivity index (χ1n) is 10.1. The van der Waals surface area contributed by atoms with Gasteiger partial charge in [0.1, 0.15) is 5.75 Å². The molecule has 0 spiro atoms. The van der Waals surface area contributed by atoms with Crippen molar-refractivity contribution in [1.29, 1.82) is 0 Å². The Morgan fingerprint density at radius 1 is 0.970 bits per heavy atom. The molecule has 1 amide bonds. The lowest BCUT2D eigenvalue weighted by Gasteiger charge is -2.26. The number of ketones is 1. The number of halogens is 2. The highest BCUT2D eigenvalue weighted by Crippen LogP contribution is 2.32. The van der Waals surface area contributed by atoms with Crippen LogP contribution in [-0.2, 0) is 11.2 Å². The van der Waals surface area contributed by atoms with Crippen molar-refractivity contribution in [2.75, 3.05) is 19.1 Å². The molecule has 0 fully saturated rings. The number of hydrogen-bond donors (Lipinski definition) is 0. The third-order valence-electron chi connectivity index (χ3n) is 5.32. The van der Waals surface area contributed by atoms with E-state index >= 15 is 0 Å². The van der Waals surface area contributed by atoms with Gasteiger partial charge in [-0.3, -0.25) is 9.59 Å². The van der Waals surface area contributed by atoms with Crippen molar-refractivity contribution in [3.8, 4) is 17.6 Å². The number of methoxy groups -OCH3 is 1. The summed E-state index contributed by atoms with van der Waals surface area (Å²) in [4.78, 5) is 27.5. The van der Waals surface area contributed by atoms with Gasteiger partial charge in [-0.15, -0.1) is 0 Å². The second-order valence-electron chi connectivity index (χ2n) is 7.48. The summed E-state index contributed by atoms with van der Waals surface area (Å²) in [7, 11) is 3.27. The van der Waals surface area contributed by atoms with E-state index < -0.39 is 0 Å². The number of carbonyl (C=O) groups is 2. The highest BCUT2D eigenvalue weighted by Gasteiger charge is 2.32. The molecule has 0 bridgehead atoms. The minimum Gasteiger partial charge on any atom is -0.497 e. The molecular formula is C27H19Cl2NO3. The van der Waals surface area contributed by atoms with E-state index in [0.717, 1.165) is 11.3 Å². The zero-order valence-corrected chi connectivity index (χ0v) is 19.5. The van der Waals surface area contributed by atoms with Crippen LogP contribution in [0.25, 0.3) is 6.08 Å². The van der Waals surface area contributed by atoms with Crippen molar-refractivity contribution < 1.29 is 14.3 Å². The van der Waals surface area contributed by atoms with Crippen LogP contribution in [0.5, 0.6) is 5.75 Å². The first kappa shape index (κ1) is 22.7. The molecule has 0 saturated carbocycles. The summed E-state index contributed by atoms with van der Waals surface area (Å²) in [6.45, 7) is 0. The van der Waals surface area contributed by atoms with Gasteiger partial charge in [0, 0.05) is 24.6 Å². The molecule has 0 radical (unpaired) electrons. The van der Waals surface area contributed by atoms with Crippen LogP contribution in [0.4, 0.5) is 5.69 Å². The number of carbonyl (C=O) groups excluding carboxylic acids is 2. The predicted octanol–water partition coefficient (Wildman–Crippen LogP) is 5.84. The van der Waals surface area contributed by atoms with Crippen LogP contribution in [-0.4, -0.2) is 25.8 Å². The molecule has 4 rings (SSSR count). The molecule has 0 aliphatic carbocycles. The molecule has 6 heteroatoms. The third kappa shape index (κ3) is 4.80. The minimum absolute atomic E-state index is 0.0618. The van der Waals surface area contributed by atoms with Gasteiger partial charge < -0.3 is 9.64 Å². The summed E-state index contributed by atoms with van der Waals surface area (Å²) in [6.07, 6.45) is 2.10. The summed E-state index contributed by atoms with van der Waals surface area (Å²) in [5, 5.41) is 0.755. The summed E-state index contributed by atoms with van der Waals surface area (Å²) >= 11 is 12.0. The number of amides is 1. The smallest absolute Gasteiger partial charge is 0.262 e. The van der Waals surface area contributed by atoms with Gasteiger partial charge in [-0.25, -0.2) is 0 Å². The van der Waals surface area contributed by atoms with Gasteiger partial charge in [-0.2, -0.15) is 0 Å². The number of likely N-dealkylation sites (N-methyl/N-ethyl adjacent to an activating group) is 1. The molecule has 33 heavy (non-hydrogen) atoms. The van der Waals surface area contributed by atoms with Gasteiger partial charge in [-0.05, 0) is 59.7 Å². The molecule has 3 aromatic rings. The second kappa shape index (κ2) is 9.54. The van der Waals surface area contributed by atoms with Gasteiger partial charge in [0.2, 0.25) is 5.78 Å². The predicted molar refractivity (Wildman–Crippen MR) is 132 cm³/mol. The number of anilines is 1. The Balaban J connectivity index is 1.62. The molecule has 0 aromatic heterocycles. The number of hydrogen-bond acceptors (Lipinski definition) is 3. The van der Waals surface area contributed by atoms with E-state index in [1.165, 1.54) is 11.0 Å². The Morgan fingerprint density at radius 3 is 2.42 bits per heavy atom. The Labute approximate surface area is 202 Å². The van der Waals surface area contributed by atoms with Gasteiger partial charge >= 0.3 is 0 Å². The Bertz CT molecular complexity index is 1350. The number of fused-ring (bicyclic) bond motifs is 1. The van der Waals surface area contributed by atoms with E-state index in [9.17, 15) is 9.59 Å². The molecule has 0 atom stereocenters. The SMILES string of the molecule is COc1ccc(CC#Cc2ccc3c(c2)C(=O)C(=Cc2ccc(Cl)c(Cl)c2)C(=O)N3C)cc1. The topological polar surface area (TPSA) is 46.6 Å². The summed E-state index contributed by atoms with van der Waals surface area (Å²) < 4.78 is 5.17. The zero-order chi connectivity index (χ0) is 23.5. The van der Waals surface area contributed by atoms with Crippen molar-refractivity contribution in [3.05, 3.63) is 98.5 Å². The first-order chi connectivity index (χ1) is 15.9. The normalized spacial score (nSPS) is 14.1. The Hall–Kier alpha value is -3.52. The molecule has 1 aliphatic rings. The summed E-state index contributed by atoms with van der Waals surface area (Å²) in [6, 6.07) is 17.9. The maximum Gasteiger partial charge on any atom is 0.262 e. The van der Waals surface area contributed by atoms with E-state index in [0.29, 0.717) is 38.8 Å². The fourth-order valence-corrected chi connectivity index (χ4v) is 3.81. The molecule has 0 N–H and O–H groups in total. The minimum atomic E-state index is -0.378. The van der Waals surface area contributed by atoms with Crippen LogP contribution in [0.15, 0.2) is 66.2 Å². The van der Waals surface area contributed by atoms with Crippen molar-refractivity contribution in [2.45, 2.75) is 6.42 Å². The van der Waals surface area contributed by atoms with Gasteiger partial charge in [-0.1, -0.05) is 53.2 Å². The number of Topliss-reactive ketones (excluding diaryl/α,β-unsaturated/α-hetero) is 1. The number of benzene rings is 3. The highest BCUT2D eigenvalue weighted by atomic mass is 35.5. The molecule has 1 heterocycles. The van der Waals surface area contributed by atoms with Crippen molar-refractivity contribution in [3.63, 3.8) is 0 Å². The van der Waals surface area contributed by atoms with Crippen LogP contribution < -0.4 is 9.64 Å². The standard InChI is InChI=1S/C27H19Cl2NO3/c1-30-25-13-9-18(5-3-4-17-6-10-20(33-2)11-7-17)14-21(25)26(31)22(27(30)32)15-19-8-12-23(28)24(29)16-19/h6-16H,4H2,1-2H3. The largest absolute Gasteiger partial charge is 0.497 e. The van der Waals surface area contributed by atoms with Crippen LogP contribution >= 0.6 is 23.2 Å². The van der Waals surface area contributed by atoms with E-state index in [1.807, 2.05) is 30.3 Å². The summed E-state index contributed by atoms with van der Waals surface area (Å²) in [5.74, 6) is 6.31. The van der Waals surface area contributed by atoms with E-state index in [4.69, 9.17) is 27.9 Å². The maximum atomic E-state index is 13.2. The molecule has 0 saturated heterocycles. The van der Waals surface area contributed by atoms with Crippen molar-refractivity contribution in [1.82, 2.24) is 0 Å². The zero-order valence-electron chi connectivity index (χ0n) is 18.0. The first-order valence-corrected chi connectivity index (χ1v) is 10.9. The second-order valence-corrected chi connectivity index (χ2v) is 8.30. The maximum absolute atomic E-state index is 13.2. The summed E-state index contributed by atoms with van der Waals surface area (Å²) in [5.41, 5.74) is 3.43. The molecule has 4 nitrogen and oxygen atoms in total. The molecule has 3 aromatic carbocycles. The fraction of sp³-hybridized carbons (Fsp3) is 0.111. The van der Waals surface area contributed by atoms with Gasteiger partial charge in [0.15, 0.2) is 0 Å². The average Bonchev–Trinajstić information content (AvgIpc) is 2.83. The van der Waals surface area contributed by atoms with Crippen LogP contribution in [0.3, 0.4) is 0 Å². The molecular weight excluding hydrogens is 457 g/mol. The third-order valence-corrected chi connectivity index (χ3v) is 6.06. The van der Waals surface area contributed by atoms with Crippen LogP contribution in [0.2, 0.25) is 10.0 Å². The van der Waals surface area contributed by atoms with E-state index in [-0.39, 0.29) is 17.3 Å². The monoisotopic (exact) mass is 475 g/mol. The number of ether oxygens (including phenoxy) is 1. The lowest BCUT2D eigenvalue weighted by Crippen LogP contribution is -2.36. The van der Waals surface area contributed by atoms with Crippen LogP contribution in [0.1, 0.15) is 27.0 Å². The van der Waals surface area contributed by atoms with E-state index in [2.05, 4.69) is 11.8 Å². The fourth-order valence-electron chi connectivity index (χ4n) is 3.51. The number of rotatable bonds is 3. The van der Waals surface area contributed by atoms with Crippen molar-refractivity contribution in [2.24, 2.45) is 0 Å². The highest BCUT2D eigenvalue weighted by molar-refractivity contribution is 6.42. The Morgan fingerprint density at radius 2 is 1.73 bits per heavy atom. The number of nitrogens with zero attached hydrogens (tertiary/aromatic N) is 1. The molecule has 1 aliphatic heterocycles. The average molecular weight is 476 g/mol. The Kier molecular flexibility index (Phi) is 6.55. The molecule has 0 unspecified atom stereocenters. The quantitative estimate of drug-likeness (QED) is 0.271. The van der Waals surface area contributed by atoms with E-state index in [1.54, 1.807) is 44.5 Å². The van der Waals surface area contributed by atoms with Crippen molar-refractivity contribution >= 4 is 46.7 Å². The molecule has 164 valence electrons. The van der Waals surface area contributed by atoms with Crippen LogP contribution in [0, 0.1) is 11.8 Å². The lowest BCUT2D eigenvalue weighted by molar-refractivity contribution is -0.114. The van der Waals surface area contributed by atoms with Gasteiger partial charge in [0.25, 0.3) is 5.91 Å².